The Morgan fingerprint density at radius 1 is 1.06 bits per heavy atom. The van der Waals surface area contributed by atoms with Crippen LogP contribution < -0.4 is 0 Å². The van der Waals surface area contributed by atoms with Gasteiger partial charge in [-0.05, 0) is 52.4 Å². The molecule has 0 spiro atoms. The molecule has 0 amide bonds. The van der Waals surface area contributed by atoms with Gasteiger partial charge in [0.1, 0.15) is 0 Å². The second kappa shape index (κ2) is 10.8. The first-order chi connectivity index (χ1) is 8.06. The van der Waals surface area contributed by atoms with Crippen molar-refractivity contribution in [3.8, 4) is 0 Å². The van der Waals surface area contributed by atoms with Crippen molar-refractivity contribution in [2.45, 2.75) is 53.4 Å². The number of allylic oxidation sites excluding steroid dienone is 6. The molecular weight excluding hydrogens is 272 g/mol. The lowest BCUT2D eigenvalue weighted by Crippen LogP contribution is -1.92. The van der Waals surface area contributed by atoms with E-state index in [1.165, 1.54) is 36.8 Å². The van der Waals surface area contributed by atoms with Crippen LogP contribution in [-0.4, -0.2) is 5.33 Å². The Morgan fingerprint density at radius 3 is 2.29 bits per heavy atom. The van der Waals surface area contributed by atoms with E-state index in [-0.39, 0.29) is 0 Å². The third-order valence-electron chi connectivity index (χ3n) is 2.82. The van der Waals surface area contributed by atoms with Gasteiger partial charge in [-0.2, -0.15) is 0 Å². The molecule has 0 aliphatic rings. The molecule has 0 heterocycles. The summed E-state index contributed by atoms with van der Waals surface area (Å²) in [5.74, 6) is 0.829. The Labute approximate surface area is 116 Å². The number of halogens is 1. The van der Waals surface area contributed by atoms with Crippen molar-refractivity contribution in [3.05, 3.63) is 35.5 Å². The summed E-state index contributed by atoms with van der Waals surface area (Å²) in [6.45, 7) is 8.85. The molecule has 17 heavy (non-hydrogen) atoms. The Kier molecular flexibility index (Phi) is 10.6. The fourth-order valence-electron chi connectivity index (χ4n) is 1.64. The van der Waals surface area contributed by atoms with Crippen molar-refractivity contribution >= 4 is 15.9 Å². The minimum Gasteiger partial charge on any atom is -0.0883 e. The van der Waals surface area contributed by atoms with Crippen LogP contribution >= 0.6 is 15.9 Å². The molecule has 1 heteroatoms. The van der Waals surface area contributed by atoms with Gasteiger partial charge in [0, 0.05) is 5.33 Å². The van der Waals surface area contributed by atoms with Gasteiger partial charge in [0.15, 0.2) is 0 Å². The van der Waals surface area contributed by atoms with E-state index in [0.717, 1.165) is 11.2 Å². The van der Waals surface area contributed by atoms with Crippen LogP contribution in [0.25, 0.3) is 0 Å². The van der Waals surface area contributed by atoms with E-state index >= 15 is 0 Å². The van der Waals surface area contributed by atoms with Crippen molar-refractivity contribution < 1.29 is 0 Å². The first-order valence-electron chi connectivity index (χ1n) is 6.59. The predicted molar refractivity (Wildman–Crippen MR) is 83.8 cm³/mol. The highest BCUT2D eigenvalue weighted by atomic mass is 79.9. The van der Waals surface area contributed by atoms with E-state index in [1.54, 1.807) is 0 Å². The average molecular weight is 299 g/mol. The summed E-state index contributed by atoms with van der Waals surface area (Å²) in [4.78, 5) is 0. The lowest BCUT2D eigenvalue weighted by atomic mass is 9.99. The molecule has 1 atom stereocenters. The zero-order valence-electron chi connectivity index (χ0n) is 11.8. The fourth-order valence-corrected chi connectivity index (χ4v) is 2.15. The van der Waals surface area contributed by atoms with Crippen molar-refractivity contribution in [3.63, 3.8) is 0 Å². The number of hydrogen-bond donors (Lipinski definition) is 0. The highest BCUT2D eigenvalue weighted by Gasteiger charge is 1.98. The molecule has 0 saturated carbocycles. The molecule has 0 N–H and O–H groups in total. The average Bonchev–Trinajstić information content (AvgIpc) is 2.24. The summed E-state index contributed by atoms with van der Waals surface area (Å²) in [5, 5.41) is 0.947. The molecule has 0 saturated heterocycles. The maximum absolute atomic E-state index is 3.41. The van der Waals surface area contributed by atoms with Crippen LogP contribution in [0.15, 0.2) is 35.5 Å². The summed E-state index contributed by atoms with van der Waals surface area (Å²) in [6, 6.07) is 0. The van der Waals surface area contributed by atoms with Crippen molar-refractivity contribution in [1.29, 1.82) is 0 Å². The molecule has 0 fully saturated rings. The first kappa shape index (κ1) is 16.7. The molecule has 0 aromatic carbocycles. The summed E-state index contributed by atoms with van der Waals surface area (Å²) < 4.78 is 0. The van der Waals surface area contributed by atoms with E-state index in [4.69, 9.17) is 0 Å². The molecule has 0 aliphatic heterocycles. The second-order valence-electron chi connectivity index (χ2n) is 5.05. The van der Waals surface area contributed by atoms with Gasteiger partial charge >= 0.3 is 0 Å². The third kappa shape index (κ3) is 12.0. The zero-order valence-corrected chi connectivity index (χ0v) is 13.4. The van der Waals surface area contributed by atoms with Gasteiger partial charge in [-0.3, -0.25) is 0 Å². The topological polar surface area (TPSA) is 0 Å². The number of rotatable bonds is 8. The standard InChI is InChI=1S/C16H27Br/c1-14(2)8-7-11-15(3)9-5-6-10-16(4)12-13-17/h6,8,10,12,15H,5,7,9,11,13H2,1-4H3. The molecule has 0 radical (unpaired) electrons. The molecular formula is C16H27Br. The van der Waals surface area contributed by atoms with Crippen molar-refractivity contribution in [2.24, 2.45) is 5.92 Å². The van der Waals surface area contributed by atoms with Gasteiger partial charge in [-0.25, -0.2) is 0 Å². The van der Waals surface area contributed by atoms with Crippen LogP contribution in [0.1, 0.15) is 53.4 Å². The minimum atomic E-state index is 0.829. The summed E-state index contributed by atoms with van der Waals surface area (Å²) in [5.41, 5.74) is 2.78. The van der Waals surface area contributed by atoms with Gasteiger partial charge < -0.3 is 0 Å². The normalized spacial score (nSPS) is 14.1. The monoisotopic (exact) mass is 298 g/mol. The zero-order chi connectivity index (χ0) is 13.1. The first-order valence-corrected chi connectivity index (χ1v) is 7.71. The maximum atomic E-state index is 3.41. The number of hydrogen-bond acceptors (Lipinski definition) is 0. The molecule has 0 nitrogen and oxygen atoms in total. The molecule has 0 rings (SSSR count). The van der Waals surface area contributed by atoms with Crippen LogP contribution in [0, 0.1) is 5.92 Å². The molecule has 0 aliphatic carbocycles. The van der Waals surface area contributed by atoms with E-state index in [9.17, 15) is 0 Å². The van der Waals surface area contributed by atoms with Gasteiger partial charge in [0.05, 0.1) is 0 Å². The van der Waals surface area contributed by atoms with Crippen LogP contribution in [0.3, 0.4) is 0 Å². The summed E-state index contributed by atoms with van der Waals surface area (Å²) in [6.07, 6.45) is 14.1. The smallest absolute Gasteiger partial charge is 0.0217 e. The Hall–Kier alpha value is -0.300. The van der Waals surface area contributed by atoms with Gasteiger partial charge in [0.2, 0.25) is 0 Å². The number of alkyl halides is 1. The Bertz CT molecular complexity index is 267. The highest BCUT2D eigenvalue weighted by Crippen LogP contribution is 2.14. The van der Waals surface area contributed by atoms with Crippen LogP contribution in [-0.2, 0) is 0 Å². The van der Waals surface area contributed by atoms with E-state index in [2.05, 4.69) is 67.9 Å². The molecule has 0 bridgehead atoms. The second-order valence-corrected chi connectivity index (χ2v) is 5.69. The minimum absolute atomic E-state index is 0.829. The van der Waals surface area contributed by atoms with Crippen LogP contribution in [0.4, 0.5) is 0 Å². The predicted octanol–water partition coefficient (Wildman–Crippen LogP) is 6.05. The molecule has 1 unspecified atom stereocenters. The lowest BCUT2D eigenvalue weighted by Gasteiger charge is -2.07. The maximum Gasteiger partial charge on any atom is 0.0217 e. The molecule has 0 aromatic heterocycles. The van der Waals surface area contributed by atoms with Crippen molar-refractivity contribution in [2.75, 3.05) is 5.33 Å². The van der Waals surface area contributed by atoms with E-state index in [1.807, 2.05) is 0 Å². The quantitative estimate of drug-likeness (QED) is 0.291. The van der Waals surface area contributed by atoms with Crippen molar-refractivity contribution in [1.82, 2.24) is 0 Å². The molecule has 98 valence electrons. The van der Waals surface area contributed by atoms with Crippen LogP contribution in [0.5, 0.6) is 0 Å². The Balaban J connectivity index is 3.67. The van der Waals surface area contributed by atoms with E-state index in [0.29, 0.717) is 0 Å². The largest absolute Gasteiger partial charge is 0.0883 e. The van der Waals surface area contributed by atoms with E-state index < -0.39 is 0 Å². The SMILES string of the molecule is CC(C)=CCCC(C)CCC=CC(C)=CCBr. The fraction of sp³-hybridized carbons (Fsp3) is 0.625. The summed E-state index contributed by atoms with van der Waals surface area (Å²) >= 11 is 3.41. The third-order valence-corrected chi connectivity index (χ3v) is 3.14. The van der Waals surface area contributed by atoms with Gasteiger partial charge in [-0.1, -0.05) is 58.3 Å². The summed E-state index contributed by atoms with van der Waals surface area (Å²) in [7, 11) is 0. The Morgan fingerprint density at radius 2 is 1.71 bits per heavy atom. The highest BCUT2D eigenvalue weighted by molar-refractivity contribution is 9.09. The lowest BCUT2D eigenvalue weighted by molar-refractivity contribution is 0.501. The van der Waals surface area contributed by atoms with Crippen LogP contribution in [0.2, 0.25) is 0 Å². The van der Waals surface area contributed by atoms with Gasteiger partial charge in [0.25, 0.3) is 0 Å². The molecule has 0 aromatic rings. The van der Waals surface area contributed by atoms with Gasteiger partial charge in [-0.15, -0.1) is 0 Å².